The van der Waals surface area contributed by atoms with Crippen LogP contribution in [0, 0.1) is 6.92 Å². The van der Waals surface area contributed by atoms with Crippen LogP contribution in [0.25, 0.3) is 5.76 Å². The summed E-state index contributed by atoms with van der Waals surface area (Å²) in [6.45, 7) is 2.52. The molecule has 1 atom stereocenters. The van der Waals surface area contributed by atoms with Crippen molar-refractivity contribution in [3.63, 3.8) is 0 Å². The molecule has 33 heavy (non-hydrogen) atoms. The van der Waals surface area contributed by atoms with Gasteiger partial charge in [-0.05, 0) is 54.8 Å². The molecule has 2 aromatic carbocycles. The number of aliphatic hydroxyl groups is 1. The van der Waals surface area contributed by atoms with E-state index >= 15 is 0 Å². The van der Waals surface area contributed by atoms with Gasteiger partial charge in [0.15, 0.2) is 11.5 Å². The summed E-state index contributed by atoms with van der Waals surface area (Å²) in [6, 6.07) is 9.53. The quantitative estimate of drug-likeness (QED) is 0.268. The van der Waals surface area contributed by atoms with Crippen molar-refractivity contribution in [2.45, 2.75) is 19.4 Å². The number of carbonyl (C=O) groups is 2. The lowest BCUT2D eigenvalue weighted by Gasteiger charge is -2.26. The molecule has 176 valence electrons. The topological polar surface area (TPSA) is 94.5 Å². The predicted molar refractivity (Wildman–Crippen MR) is 123 cm³/mol. The molecule has 0 radical (unpaired) electrons. The van der Waals surface area contributed by atoms with Gasteiger partial charge in [-0.2, -0.15) is 0 Å². The molecule has 1 aliphatic heterocycles. The minimum Gasteiger partial charge on any atom is -0.507 e. The molecule has 1 amide bonds. The highest BCUT2D eigenvalue weighted by molar-refractivity contribution is 6.46. The van der Waals surface area contributed by atoms with Crippen LogP contribution in [0.4, 0.5) is 0 Å². The molecule has 1 aliphatic rings. The van der Waals surface area contributed by atoms with Crippen LogP contribution in [0.1, 0.15) is 29.2 Å². The van der Waals surface area contributed by atoms with Crippen LogP contribution in [-0.2, 0) is 14.3 Å². The molecule has 0 bridgehead atoms. The van der Waals surface area contributed by atoms with Gasteiger partial charge in [0.2, 0.25) is 0 Å². The molecule has 2 aromatic rings. The normalized spacial score (nSPS) is 17.4. The molecule has 0 aliphatic carbocycles. The fourth-order valence-electron chi connectivity index (χ4n) is 4.03. The lowest BCUT2D eigenvalue weighted by molar-refractivity contribution is -0.140. The summed E-state index contributed by atoms with van der Waals surface area (Å²) in [5, 5.41) is 11.3. The summed E-state index contributed by atoms with van der Waals surface area (Å²) in [4.78, 5) is 27.6. The molecular formula is C25H29NO7. The molecule has 0 saturated carbocycles. The largest absolute Gasteiger partial charge is 0.507 e. The molecule has 1 heterocycles. The summed E-state index contributed by atoms with van der Waals surface area (Å²) >= 11 is 0. The Labute approximate surface area is 193 Å². The third kappa shape index (κ3) is 4.66. The SMILES string of the molecule is COCCCN1C(=O)C(=O)C(=C(O)c2ccc(OC)cc2C)C1c1ccc(OC)c(OC)c1. The number of amides is 1. The van der Waals surface area contributed by atoms with Crippen LogP contribution < -0.4 is 14.2 Å². The Bertz CT molecular complexity index is 1080. The zero-order valence-electron chi connectivity index (χ0n) is 19.5. The smallest absolute Gasteiger partial charge is 0.295 e. The molecule has 8 nitrogen and oxygen atoms in total. The zero-order chi connectivity index (χ0) is 24.1. The number of carbonyl (C=O) groups excluding carboxylic acids is 2. The van der Waals surface area contributed by atoms with Crippen LogP contribution in [0.3, 0.4) is 0 Å². The Morgan fingerprint density at radius 2 is 1.70 bits per heavy atom. The molecular weight excluding hydrogens is 426 g/mol. The summed E-state index contributed by atoms with van der Waals surface area (Å²) in [5.41, 5.74) is 1.81. The Morgan fingerprint density at radius 3 is 2.30 bits per heavy atom. The molecule has 1 saturated heterocycles. The molecule has 1 N–H and O–H groups in total. The number of nitrogens with zero attached hydrogens (tertiary/aromatic N) is 1. The van der Waals surface area contributed by atoms with Crippen molar-refractivity contribution in [3.05, 3.63) is 58.7 Å². The molecule has 8 heteroatoms. The van der Waals surface area contributed by atoms with E-state index in [4.69, 9.17) is 18.9 Å². The fraction of sp³-hybridized carbons (Fsp3) is 0.360. The van der Waals surface area contributed by atoms with Gasteiger partial charge in [0.25, 0.3) is 11.7 Å². The number of ether oxygens (including phenoxy) is 4. The number of ketones is 1. The fourth-order valence-corrected chi connectivity index (χ4v) is 4.03. The van der Waals surface area contributed by atoms with Gasteiger partial charge in [-0.15, -0.1) is 0 Å². The second kappa shape index (κ2) is 10.4. The van der Waals surface area contributed by atoms with Crippen LogP contribution in [0.15, 0.2) is 42.0 Å². The van der Waals surface area contributed by atoms with E-state index in [0.717, 1.165) is 0 Å². The van der Waals surface area contributed by atoms with Crippen molar-refractivity contribution in [1.82, 2.24) is 4.90 Å². The van der Waals surface area contributed by atoms with E-state index in [0.29, 0.717) is 47.0 Å². The summed E-state index contributed by atoms with van der Waals surface area (Å²) in [7, 11) is 6.17. The first-order valence-corrected chi connectivity index (χ1v) is 10.5. The van der Waals surface area contributed by atoms with Crippen LogP contribution in [-0.4, -0.2) is 63.3 Å². The van der Waals surface area contributed by atoms with Gasteiger partial charge >= 0.3 is 0 Å². The van der Waals surface area contributed by atoms with Gasteiger partial charge in [-0.3, -0.25) is 9.59 Å². The van der Waals surface area contributed by atoms with Crippen LogP contribution in [0.2, 0.25) is 0 Å². The van der Waals surface area contributed by atoms with Gasteiger partial charge in [0.1, 0.15) is 11.5 Å². The van der Waals surface area contributed by atoms with Crippen molar-refractivity contribution in [2.24, 2.45) is 0 Å². The summed E-state index contributed by atoms with van der Waals surface area (Å²) < 4.78 is 21.1. The Kier molecular flexibility index (Phi) is 7.60. The van der Waals surface area contributed by atoms with Gasteiger partial charge in [0.05, 0.1) is 32.9 Å². The Morgan fingerprint density at radius 1 is 0.970 bits per heavy atom. The third-order valence-corrected chi connectivity index (χ3v) is 5.70. The van der Waals surface area contributed by atoms with Crippen molar-refractivity contribution < 1.29 is 33.6 Å². The standard InChI is InChI=1S/C25H29NO7/c1-15-13-17(31-3)8-9-18(15)23(27)21-22(16-7-10-19(32-4)20(14-16)33-5)26(11-6-12-30-2)25(29)24(21)28/h7-10,13-14,22,27H,6,11-12H2,1-5H3. The maximum absolute atomic E-state index is 13.1. The third-order valence-electron chi connectivity index (χ3n) is 5.70. The number of hydrogen-bond acceptors (Lipinski definition) is 7. The Hall–Kier alpha value is -3.52. The van der Waals surface area contributed by atoms with Gasteiger partial charge in [0, 0.05) is 25.8 Å². The molecule has 1 unspecified atom stereocenters. The number of Topliss-reactive ketones (excluding diaryl/α,β-unsaturated/α-hetero) is 1. The second-order valence-corrected chi connectivity index (χ2v) is 7.63. The molecule has 3 rings (SSSR count). The van der Waals surface area contributed by atoms with E-state index in [1.807, 2.05) is 0 Å². The predicted octanol–water partition coefficient (Wildman–Crippen LogP) is 3.48. The van der Waals surface area contributed by atoms with E-state index < -0.39 is 17.7 Å². The highest BCUT2D eigenvalue weighted by atomic mass is 16.5. The van der Waals surface area contributed by atoms with Crippen molar-refractivity contribution >= 4 is 17.4 Å². The van der Waals surface area contributed by atoms with E-state index in [-0.39, 0.29) is 17.9 Å². The number of likely N-dealkylation sites (tertiary alicyclic amines) is 1. The van der Waals surface area contributed by atoms with E-state index in [9.17, 15) is 14.7 Å². The number of aryl methyl sites for hydroxylation is 1. The van der Waals surface area contributed by atoms with Crippen LogP contribution >= 0.6 is 0 Å². The highest BCUT2D eigenvalue weighted by Gasteiger charge is 2.46. The number of aliphatic hydroxyl groups excluding tert-OH is 1. The van der Waals surface area contributed by atoms with Gasteiger partial charge in [-0.1, -0.05) is 6.07 Å². The molecule has 0 aromatic heterocycles. The average molecular weight is 456 g/mol. The minimum atomic E-state index is -0.789. The maximum Gasteiger partial charge on any atom is 0.295 e. The average Bonchev–Trinajstić information content (AvgIpc) is 3.08. The second-order valence-electron chi connectivity index (χ2n) is 7.63. The lowest BCUT2D eigenvalue weighted by Crippen LogP contribution is -2.31. The minimum absolute atomic E-state index is 0.0258. The Balaban J connectivity index is 2.18. The van der Waals surface area contributed by atoms with Gasteiger partial charge < -0.3 is 29.0 Å². The summed E-state index contributed by atoms with van der Waals surface area (Å²) in [6.07, 6.45) is 0.537. The zero-order valence-corrected chi connectivity index (χ0v) is 19.5. The van der Waals surface area contributed by atoms with Gasteiger partial charge in [-0.25, -0.2) is 0 Å². The van der Waals surface area contributed by atoms with Crippen molar-refractivity contribution in [3.8, 4) is 17.2 Å². The van der Waals surface area contributed by atoms with Crippen molar-refractivity contribution in [1.29, 1.82) is 0 Å². The number of rotatable bonds is 9. The first-order chi connectivity index (χ1) is 15.9. The highest BCUT2D eigenvalue weighted by Crippen LogP contribution is 2.42. The van der Waals surface area contributed by atoms with Crippen molar-refractivity contribution in [2.75, 3.05) is 41.6 Å². The maximum atomic E-state index is 13.1. The number of benzene rings is 2. The first kappa shape index (κ1) is 24.1. The molecule has 1 fully saturated rings. The molecule has 0 spiro atoms. The monoisotopic (exact) mass is 455 g/mol. The summed E-state index contributed by atoms with van der Waals surface area (Å²) in [5.74, 6) is -0.0387. The first-order valence-electron chi connectivity index (χ1n) is 10.5. The number of methoxy groups -OCH3 is 4. The van der Waals surface area contributed by atoms with E-state index in [1.54, 1.807) is 57.5 Å². The van der Waals surface area contributed by atoms with E-state index in [2.05, 4.69) is 0 Å². The number of hydrogen-bond donors (Lipinski definition) is 1. The van der Waals surface area contributed by atoms with Crippen LogP contribution in [0.5, 0.6) is 17.2 Å². The lowest BCUT2D eigenvalue weighted by atomic mass is 9.93. The van der Waals surface area contributed by atoms with E-state index in [1.165, 1.54) is 19.1 Å².